The highest BCUT2D eigenvalue weighted by Gasteiger charge is 2.14. The Kier molecular flexibility index (Phi) is 5.84. The van der Waals surface area contributed by atoms with Gasteiger partial charge in [0.05, 0.1) is 24.2 Å². The minimum Gasteiger partial charge on any atom is -0.409 e. The second kappa shape index (κ2) is 8.31. The molecule has 0 atom stereocenters. The molecule has 0 radical (unpaired) electrons. The Labute approximate surface area is 164 Å². The lowest BCUT2D eigenvalue weighted by Gasteiger charge is -2.14. The zero-order valence-electron chi connectivity index (χ0n) is 16.7. The molecule has 2 aromatic heterocycles. The van der Waals surface area contributed by atoms with E-state index in [4.69, 9.17) is 9.84 Å². The average molecular weight is 382 g/mol. The van der Waals surface area contributed by atoms with Crippen molar-refractivity contribution in [3.63, 3.8) is 0 Å². The van der Waals surface area contributed by atoms with Crippen LogP contribution in [0.5, 0.6) is 5.75 Å². The van der Waals surface area contributed by atoms with Crippen LogP contribution in [0.1, 0.15) is 28.1 Å². The molecule has 0 fully saturated rings. The maximum absolute atomic E-state index is 11.9. The molecule has 3 rings (SSSR count). The van der Waals surface area contributed by atoms with Gasteiger partial charge in [0.15, 0.2) is 11.4 Å². The second-order valence-electron chi connectivity index (χ2n) is 6.83. The summed E-state index contributed by atoms with van der Waals surface area (Å²) in [4.78, 5) is 16.5. The van der Waals surface area contributed by atoms with Gasteiger partial charge in [-0.3, -0.25) is 4.40 Å². The summed E-state index contributed by atoms with van der Waals surface area (Å²) in [5, 5.41) is 14.8. The number of nitrogens with one attached hydrogen (secondary N) is 2. The minimum absolute atomic E-state index is 0.141. The Balaban J connectivity index is 1.93. The van der Waals surface area contributed by atoms with E-state index in [1.165, 1.54) is 16.7 Å². The Hall–Kier alpha value is -3.06. The number of anilines is 1. The molecule has 7 nitrogen and oxygen atoms in total. The van der Waals surface area contributed by atoms with Gasteiger partial charge in [-0.05, 0) is 44.4 Å². The molecular weight excluding hydrogens is 356 g/mol. The highest BCUT2D eigenvalue weighted by Crippen LogP contribution is 2.27. The number of hydrogen-bond donors (Lipinski definition) is 3. The van der Waals surface area contributed by atoms with Crippen LogP contribution >= 0.6 is 0 Å². The standard InChI is InChI=1S/C21H26N4O3/c1-13-6-5-7-14(2)18(13)11-23-19-10-17(28-21(27)22-8-9-26)12-25-16(4)15(3)24-20(19)25/h5-7,10,12,23,26H,8-9,11H2,1-4H3,(H,22,27). The number of fused-ring (bicyclic) bond motifs is 1. The van der Waals surface area contributed by atoms with E-state index in [0.29, 0.717) is 12.3 Å². The second-order valence-corrected chi connectivity index (χ2v) is 6.83. The Morgan fingerprint density at radius 2 is 1.93 bits per heavy atom. The summed E-state index contributed by atoms with van der Waals surface area (Å²) in [6.45, 7) is 8.74. The predicted octanol–water partition coefficient (Wildman–Crippen LogP) is 3.26. The van der Waals surface area contributed by atoms with Gasteiger partial charge in [-0.15, -0.1) is 0 Å². The largest absolute Gasteiger partial charge is 0.412 e. The summed E-state index contributed by atoms with van der Waals surface area (Å²) in [6.07, 6.45) is 1.14. The lowest BCUT2D eigenvalue weighted by Crippen LogP contribution is -2.29. The van der Waals surface area contributed by atoms with Crippen LogP contribution in [0.3, 0.4) is 0 Å². The van der Waals surface area contributed by atoms with Crippen molar-refractivity contribution in [3.8, 4) is 5.75 Å². The number of pyridine rings is 1. The Morgan fingerprint density at radius 1 is 1.21 bits per heavy atom. The van der Waals surface area contributed by atoms with Crippen LogP contribution in [0, 0.1) is 27.7 Å². The molecule has 0 unspecified atom stereocenters. The van der Waals surface area contributed by atoms with E-state index in [1.807, 2.05) is 24.3 Å². The van der Waals surface area contributed by atoms with Gasteiger partial charge in [0, 0.05) is 24.8 Å². The van der Waals surface area contributed by atoms with Crippen LogP contribution in [0.2, 0.25) is 0 Å². The van der Waals surface area contributed by atoms with Crippen molar-refractivity contribution in [3.05, 3.63) is 58.5 Å². The zero-order chi connectivity index (χ0) is 20.3. The van der Waals surface area contributed by atoms with Crippen LogP contribution < -0.4 is 15.4 Å². The van der Waals surface area contributed by atoms with Gasteiger partial charge < -0.3 is 20.5 Å². The third-order valence-electron chi connectivity index (χ3n) is 4.86. The van der Waals surface area contributed by atoms with E-state index in [1.54, 1.807) is 12.3 Å². The number of rotatable bonds is 6. The number of carbonyl (C=O) groups excluding carboxylic acids is 1. The number of carbonyl (C=O) groups is 1. The molecule has 1 aromatic carbocycles. The molecule has 28 heavy (non-hydrogen) atoms. The summed E-state index contributed by atoms with van der Waals surface area (Å²) >= 11 is 0. The number of hydrogen-bond acceptors (Lipinski definition) is 5. The highest BCUT2D eigenvalue weighted by atomic mass is 16.6. The molecule has 0 saturated carbocycles. The molecule has 0 aliphatic rings. The van der Waals surface area contributed by atoms with Gasteiger partial charge in [-0.25, -0.2) is 9.78 Å². The fraction of sp³-hybridized carbons (Fsp3) is 0.333. The number of aliphatic hydroxyl groups is 1. The van der Waals surface area contributed by atoms with Gasteiger partial charge in [-0.1, -0.05) is 18.2 Å². The van der Waals surface area contributed by atoms with Gasteiger partial charge in [-0.2, -0.15) is 0 Å². The Morgan fingerprint density at radius 3 is 2.61 bits per heavy atom. The van der Waals surface area contributed by atoms with E-state index in [9.17, 15) is 4.79 Å². The predicted molar refractivity (Wildman–Crippen MR) is 109 cm³/mol. The van der Waals surface area contributed by atoms with Crippen LogP contribution in [0.25, 0.3) is 5.65 Å². The van der Waals surface area contributed by atoms with E-state index < -0.39 is 6.09 Å². The normalized spacial score (nSPS) is 10.9. The van der Waals surface area contributed by atoms with Crippen molar-refractivity contribution < 1.29 is 14.6 Å². The number of imidazole rings is 1. The number of ether oxygens (including phenoxy) is 1. The lowest BCUT2D eigenvalue weighted by atomic mass is 10.0. The molecule has 0 bridgehead atoms. The van der Waals surface area contributed by atoms with Crippen molar-refractivity contribution in [1.29, 1.82) is 0 Å². The van der Waals surface area contributed by atoms with E-state index in [0.717, 1.165) is 22.7 Å². The number of amides is 1. The van der Waals surface area contributed by atoms with Crippen molar-refractivity contribution >= 4 is 17.4 Å². The highest BCUT2D eigenvalue weighted by molar-refractivity contribution is 5.74. The molecule has 3 aromatic rings. The van der Waals surface area contributed by atoms with Gasteiger partial charge in [0.1, 0.15) is 0 Å². The van der Waals surface area contributed by atoms with Crippen LogP contribution in [0.15, 0.2) is 30.5 Å². The molecule has 3 N–H and O–H groups in total. The fourth-order valence-electron chi connectivity index (χ4n) is 3.14. The first-order chi connectivity index (χ1) is 13.4. The van der Waals surface area contributed by atoms with Gasteiger partial charge in [0.25, 0.3) is 0 Å². The van der Waals surface area contributed by atoms with Gasteiger partial charge in [0.2, 0.25) is 0 Å². The summed E-state index contributed by atoms with van der Waals surface area (Å²) in [5.74, 6) is 0.396. The first-order valence-electron chi connectivity index (χ1n) is 9.25. The van der Waals surface area contributed by atoms with Crippen LogP contribution in [-0.2, 0) is 6.54 Å². The third-order valence-corrected chi connectivity index (χ3v) is 4.86. The monoisotopic (exact) mass is 382 g/mol. The quantitative estimate of drug-likeness (QED) is 0.609. The summed E-state index contributed by atoms with van der Waals surface area (Å²) in [5.41, 5.74) is 7.12. The summed E-state index contributed by atoms with van der Waals surface area (Å²) in [7, 11) is 0. The molecule has 7 heteroatoms. The molecule has 0 aliphatic carbocycles. The van der Waals surface area contributed by atoms with E-state index in [-0.39, 0.29) is 13.2 Å². The summed E-state index contributed by atoms with van der Waals surface area (Å²) < 4.78 is 7.29. The van der Waals surface area contributed by atoms with Crippen molar-refractivity contribution in [2.45, 2.75) is 34.2 Å². The van der Waals surface area contributed by atoms with Gasteiger partial charge >= 0.3 is 6.09 Å². The molecule has 2 heterocycles. The first kappa shape index (κ1) is 19.7. The number of aryl methyl sites for hydroxylation is 4. The van der Waals surface area contributed by atoms with E-state index >= 15 is 0 Å². The van der Waals surface area contributed by atoms with Crippen molar-refractivity contribution in [2.75, 3.05) is 18.5 Å². The first-order valence-corrected chi connectivity index (χ1v) is 9.25. The molecule has 1 amide bonds. The van der Waals surface area contributed by atoms with Crippen molar-refractivity contribution in [1.82, 2.24) is 14.7 Å². The average Bonchev–Trinajstić information content (AvgIpc) is 2.94. The number of nitrogens with zero attached hydrogens (tertiary/aromatic N) is 2. The number of benzene rings is 1. The van der Waals surface area contributed by atoms with Crippen LogP contribution in [-0.4, -0.2) is 33.7 Å². The fourth-order valence-corrected chi connectivity index (χ4v) is 3.14. The number of aliphatic hydroxyl groups excluding tert-OH is 1. The molecule has 148 valence electrons. The Bertz CT molecular complexity index is 990. The third kappa shape index (κ3) is 4.09. The maximum Gasteiger partial charge on any atom is 0.412 e. The topological polar surface area (TPSA) is 87.9 Å². The zero-order valence-corrected chi connectivity index (χ0v) is 16.7. The molecular formula is C21H26N4O3. The smallest absolute Gasteiger partial charge is 0.409 e. The lowest BCUT2D eigenvalue weighted by molar-refractivity contribution is 0.195. The molecule has 0 saturated heterocycles. The number of aromatic nitrogens is 2. The maximum atomic E-state index is 11.9. The SMILES string of the molecule is Cc1cccc(C)c1CNc1cc(OC(=O)NCCO)cn2c(C)c(C)nc12. The minimum atomic E-state index is -0.608. The van der Waals surface area contributed by atoms with Crippen LogP contribution in [0.4, 0.5) is 10.5 Å². The molecule has 0 aliphatic heterocycles. The van der Waals surface area contributed by atoms with Crippen molar-refractivity contribution in [2.24, 2.45) is 0 Å². The van der Waals surface area contributed by atoms with E-state index in [2.05, 4.69) is 41.6 Å². The summed E-state index contributed by atoms with van der Waals surface area (Å²) in [6, 6.07) is 8.00. The molecule has 0 spiro atoms.